The number of H-pyrrole nitrogens is 1. The molecule has 1 aliphatic rings. The summed E-state index contributed by atoms with van der Waals surface area (Å²) >= 11 is 0. The molecule has 1 saturated carbocycles. The molecule has 0 saturated heterocycles. The third-order valence-electron chi connectivity index (χ3n) is 4.54. The van der Waals surface area contributed by atoms with Crippen molar-refractivity contribution in [3.05, 3.63) is 47.7 Å². The number of aromatic nitrogens is 2. The Morgan fingerprint density at radius 1 is 1.26 bits per heavy atom. The maximum Gasteiger partial charge on any atom is 0.407 e. The molecule has 1 aromatic heterocycles. The number of alkyl carbamates (subject to hydrolysis) is 1. The molecule has 3 rings (SSSR count). The van der Waals surface area contributed by atoms with Crippen LogP contribution in [0.1, 0.15) is 43.9 Å². The van der Waals surface area contributed by atoms with E-state index in [0.717, 1.165) is 24.1 Å². The Hall–Kier alpha value is -2.83. The molecular weight excluding hydrogens is 344 g/mol. The first-order valence-electron chi connectivity index (χ1n) is 9.33. The zero-order chi connectivity index (χ0) is 19.2. The van der Waals surface area contributed by atoms with Gasteiger partial charge in [-0.1, -0.05) is 44.2 Å². The number of carbonyl (C=O) groups excluding carboxylic acids is 2. The molecule has 1 aliphatic carbocycles. The number of nitrogens with zero attached hydrogens (tertiary/aromatic N) is 1. The Labute approximate surface area is 158 Å². The van der Waals surface area contributed by atoms with Crippen LogP contribution in [0.15, 0.2) is 36.4 Å². The van der Waals surface area contributed by atoms with Crippen LogP contribution in [-0.2, 0) is 16.0 Å². The number of hydrogen-bond donors (Lipinski definition) is 3. The first kappa shape index (κ1) is 18.9. The fourth-order valence-electron chi connectivity index (χ4n) is 2.97. The van der Waals surface area contributed by atoms with Gasteiger partial charge >= 0.3 is 6.09 Å². The maximum atomic E-state index is 12.1. The van der Waals surface area contributed by atoms with Crippen LogP contribution in [0.2, 0.25) is 0 Å². The van der Waals surface area contributed by atoms with Crippen molar-refractivity contribution in [2.75, 3.05) is 11.9 Å². The van der Waals surface area contributed by atoms with E-state index in [2.05, 4.69) is 20.8 Å². The molecular formula is C20H26N4O3. The van der Waals surface area contributed by atoms with E-state index in [9.17, 15) is 9.59 Å². The molecule has 0 spiro atoms. The topological polar surface area (TPSA) is 96.1 Å². The van der Waals surface area contributed by atoms with Crippen molar-refractivity contribution in [3.8, 4) is 0 Å². The lowest BCUT2D eigenvalue weighted by Crippen LogP contribution is -2.37. The van der Waals surface area contributed by atoms with Gasteiger partial charge in [0.1, 0.15) is 6.10 Å². The molecule has 27 heavy (non-hydrogen) atoms. The molecule has 7 nitrogen and oxygen atoms in total. The van der Waals surface area contributed by atoms with Gasteiger partial charge in [-0.2, -0.15) is 5.10 Å². The van der Waals surface area contributed by atoms with Gasteiger partial charge in [-0.3, -0.25) is 9.89 Å². The summed E-state index contributed by atoms with van der Waals surface area (Å²) in [5, 5.41) is 12.7. The van der Waals surface area contributed by atoms with E-state index in [4.69, 9.17) is 4.74 Å². The molecule has 2 aromatic rings. The van der Waals surface area contributed by atoms with Crippen molar-refractivity contribution in [1.29, 1.82) is 0 Å². The normalized spacial score (nSPS) is 18.6. The predicted octanol–water partition coefficient (Wildman–Crippen LogP) is 3.22. The van der Waals surface area contributed by atoms with Gasteiger partial charge in [-0.25, -0.2) is 4.79 Å². The monoisotopic (exact) mass is 370 g/mol. The van der Waals surface area contributed by atoms with Crippen LogP contribution in [0.4, 0.5) is 10.6 Å². The number of benzene rings is 1. The molecule has 0 bridgehead atoms. The highest BCUT2D eigenvalue weighted by Crippen LogP contribution is 2.38. The lowest BCUT2D eigenvalue weighted by molar-refractivity contribution is -0.115. The van der Waals surface area contributed by atoms with Crippen LogP contribution < -0.4 is 10.6 Å². The number of rotatable bonds is 7. The Morgan fingerprint density at radius 3 is 2.70 bits per heavy atom. The number of ether oxygens (including phenoxy) is 1. The average Bonchev–Trinajstić information content (AvgIpc) is 3.04. The van der Waals surface area contributed by atoms with Gasteiger partial charge in [0.25, 0.3) is 0 Å². The van der Waals surface area contributed by atoms with Gasteiger partial charge in [0.05, 0.1) is 6.42 Å². The minimum Gasteiger partial charge on any atom is -0.446 e. The van der Waals surface area contributed by atoms with Crippen molar-refractivity contribution >= 4 is 17.8 Å². The second-order valence-electron chi connectivity index (χ2n) is 7.39. The number of aromatic amines is 1. The number of carbonyl (C=O) groups is 2. The number of nitrogens with one attached hydrogen (secondary N) is 3. The second kappa shape index (κ2) is 8.70. The summed E-state index contributed by atoms with van der Waals surface area (Å²) in [6.07, 6.45) is 1.41. The molecule has 1 heterocycles. The van der Waals surface area contributed by atoms with E-state index >= 15 is 0 Å². The molecule has 2 amide bonds. The van der Waals surface area contributed by atoms with Crippen LogP contribution >= 0.6 is 0 Å². The first-order chi connectivity index (χ1) is 13.0. The van der Waals surface area contributed by atoms with E-state index in [1.165, 1.54) is 0 Å². The van der Waals surface area contributed by atoms with Crippen molar-refractivity contribution in [2.24, 2.45) is 5.92 Å². The van der Waals surface area contributed by atoms with Crippen molar-refractivity contribution in [2.45, 2.75) is 45.1 Å². The van der Waals surface area contributed by atoms with E-state index in [1.807, 2.05) is 50.2 Å². The smallest absolute Gasteiger partial charge is 0.407 e. The van der Waals surface area contributed by atoms with Crippen LogP contribution in [-0.4, -0.2) is 34.8 Å². The van der Waals surface area contributed by atoms with Gasteiger partial charge < -0.3 is 15.4 Å². The van der Waals surface area contributed by atoms with Crippen molar-refractivity contribution in [3.63, 3.8) is 0 Å². The van der Waals surface area contributed by atoms with Crippen molar-refractivity contribution in [1.82, 2.24) is 15.5 Å². The molecule has 1 fully saturated rings. The zero-order valence-electron chi connectivity index (χ0n) is 15.7. The lowest BCUT2D eigenvalue weighted by Gasteiger charge is -2.33. The molecule has 0 aliphatic heterocycles. The highest BCUT2D eigenvalue weighted by Gasteiger charge is 2.34. The van der Waals surface area contributed by atoms with Gasteiger partial charge in [0.2, 0.25) is 5.91 Å². The zero-order valence-corrected chi connectivity index (χ0v) is 15.7. The van der Waals surface area contributed by atoms with Gasteiger partial charge in [-0.05, 0) is 24.3 Å². The fourth-order valence-corrected chi connectivity index (χ4v) is 2.97. The van der Waals surface area contributed by atoms with E-state index < -0.39 is 0 Å². The molecule has 3 N–H and O–H groups in total. The molecule has 7 heteroatoms. The summed E-state index contributed by atoms with van der Waals surface area (Å²) in [7, 11) is 0. The van der Waals surface area contributed by atoms with E-state index in [0.29, 0.717) is 24.7 Å². The quantitative estimate of drug-likeness (QED) is 0.697. The highest BCUT2D eigenvalue weighted by atomic mass is 16.6. The van der Waals surface area contributed by atoms with Crippen LogP contribution in [0.3, 0.4) is 0 Å². The van der Waals surface area contributed by atoms with E-state index in [1.54, 1.807) is 0 Å². The predicted molar refractivity (Wildman–Crippen MR) is 102 cm³/mol. The number of anilines is 1. The van der Waals surface area contributed by atoms with Gasteiger partial charge in [-0.15, -0.1) is 0 Å². The standard InChI is InChI=1S/C20H26N4O3/c1-13(2)12-21-20(26)27-16-9-15(10-16)17-11-18(24-23-17)22-19(25)8-14-6-4-3-5-7-14/h3-7,11,13,15-16H,8-10,12H2,1-2H3,(H,21,26)(H2,22,23,24,25)/t15-,16+. The minimum absolute atomic E-state index is 0.0680. The van der Waals surface area contributed by atoms with Gasteiger partial charge in [0.15, 0.2) is 5.82 Å². The third kappa shape index (κ3) is 5.57. The van der Waals surface area contributed by atoms with Crippen molar-refractivity contribution < 1.29 is 14.3 Å². The van der Waals surface area contributed by atoms with Crippen LogP contribution in [0.5, 0.6) is 0 Å². The molecule has 0 unspecified atom stereocenters. The Kier molecular flexibility index (Phi) is 6.11. The summed E-state index contributed by atoms with van der Waals surface area (Å²) in [5.74, 6) is 1.08. The highest BCUT2D eigenvalue weighted by molar-refractivity contribution is 5.91. The number of hydrogen-bond acceptors (Lipinski definition) is 4. The Bertz CT molecular complexity index is 767. The lowest BCUT2D eigenvalue weighted by atomic mass is 9.80. The minimum atomic E-state index is -0.356. The van der Waals surface area contributed by atoms with Gasteiger partial charge in [0, 0.05) is 24.2 Å². The third-order valence-corrected chi connectivity index (χ3v) is 4.54. The number of amides is 2. The van der Waals surface area contributed by atoms with Crippen LogP contribution in [0.25, 0.3) is 0 Å². The average molecular weight is 370 g/mol. The summed E-state index contributed by atoms with van der Waals surface area (Å²) in [4.78, 5) is 23.8. The molecule has 0 atom stereocenters. The Morgan fingerprint density at radius 2 is 2.00 bits per heavy atom. The molecule has 0 radical (unpaired) electrons. The fraction of sp³-hybridized carbons (Fsp3) is 0.450. The largest absolute Gasteiger partial charge is 0.446 e. The SMILES string of the molecule is CC(C)CNC(=O)O[C@H]1C[C@@H](c2cc(NC(=O)Cc3ccccc3)n[nH]2)C1. The first-order valence-corrected chi connectivity index (χ1v) is 9.33. The second-order valence-corrected chi connectivity index (χ2v) is 7.39. The van der Waals surface area contributed by atoms with Crippen LogP contribution in [0, 0.1) is 5.92 Å². The summed E-state index contributed by atoms with van der Waals surface area (Å²) < 4.78 is 5.37. The summed E-state index contributed by atoms with van der Waals surface area (Å²) in [6.45, 7) is 4.68. The molecule has 1 aromatic carbocycles. The Balaban J connectivity index is 1.41. The summed E-state index contributed by atoms with van der Waals surface area (Å²) in [6, 6.07) is 11.4. The summed E-state index contributed by atoms with van der Waals surface area (Å²) in [5.41, 5.74) is 1.91. The maximum absolute atomic E-state index is 12.1. The van der Waals surface area contributed by atoms with E-state index in [-0.39, 0.29) is 24.0 Å². The molecule has 144 valence electrons.